The van der Waals surface area contributed by atoms with Gasteiger partial charge in [-0.05, 0) is 35.7 Å². The first-order chi connectivity index (χ1) is 14.8. The summed E-state index contributed by atoms with van der Waals surface area (Å²) in [5, 5.41) is 2.98. The maximum atomic E-state index is 12.8. The lowest BCUT2D eigenvalue weighted by atomic mass is 9.92. The quantitative estimate of drug-likeness (QED) is 0.609. The topological polar surface area (TPSA) is 62.6 Å². The molecule has 1 aromatic heterocycles. The number of anilines is 1. The normalized spacial score (nSPS) is 13.6. The molecular formula is C26H28N2O3. The number of hydrogen-bond donors (Lipinski definition) is 1. The molecule has 1 aliphatic rings. The second kappa shape index (κ2) is 8.42. The predicted molar refractivity (Wildman–Crippen MR) is 122 cm³/mol. The van der Waals surface area contributed by atoms with Gasteiger partial charge in [-0.1, -0.05) is 51.1 Å². The number of furan rings is 1. The van der Waals surface area contributed by atoms with Crippen LogP contribution in [0, 0.1) is 5.41 Å². The van der Waals surface area contributed by atoms with Gasteiger partial charge in [-0.15, -0.1) is 0 Å². The summed E-state index contributed by atoms with van der Waals surface area (Å²) in [6, 6.07) is 19.1. The van der Waals surface area contributed by atoms with Crippen LogP contribution in [0.3, 0.4) is 0 Å². The summed E-state index contributed by atoms with van der Waals surface area (Å²) in [5.41, 5.74) is 3.33. The summed E-state index contributed by atoms with van der Waals surface area (Å²) in [5.74, 6) is 1.72. The van der Waals surface area contributed by atoms with Crippen molar-refractivity contribution in [2.45, 2.75) is 40.2 Å². The van der Waals surface area contributed by atoms with Crippen molar-refractivity contribution in [1.82, 2.24) is 4.90 Å². The van der Waals surface area contributed by atoms with Crippen LogP contribution in [-0.4, -0.2) is 23.3 Å². The molecule has 4 rings (SSSR count). The maximum absolute atomic E-state index is 12.8. The molecule has 31 heavy (non-hydrogen) atoms. The first-order valence-electron chi connectivity index (χ1n) is 10.6. The number of nitrogens with one attached hydrogen (secondary N) is 1. The van der Waals surface area contributed by atoms with Crippen molar-refractivity contribution in [2.75, 3.05) is 11.9 Å². The van der Waals surface area contributed by atoms with E-state index in [9.17, 15) is 9.59 Å². The van der Waals surface area contributed by atoms with Gasteiger partial charge in [0.1, 0.15) is 11.5 Å². The number of nitrogens with zero attached hydrogens (tertiary/aromatic N) is 1. The van der Waals surface area contributed by atoms with E-state index in [2.05, 4.69) is 5.32 Å². The largest absolute Gasteiger partial charge is 0.461 e. The van der Waals surface area contributed by atoms with Crippen molar-refractivity contribution in [2.24, 2.45) is 5.41 Å². The monoisotopic (exact) mass is 416 g/mol. The molecule has 3 aromatic rings. The Bertz CT molecular complexity index is 1090. The fourth-order valence-corrected chi connectivity index (χ4v) is 3.85. The van der Waals surface area contributed by atoms with Gasteiger partial charge in [0.05, 0.1) is 0 Å². The van der Waals surface area contributed by atoms with Crippen molar-refractivity contribution < 1.29 is 14.0 Å². The van der Waals surface area contributed by atoms with Crippen LogP contribution in [0.5, 0.6) is 0 Å². The van der Waals surface area contributed by atoms with Crippen LogP contribution in [0.25, 0.3) is 11.3 Å². The molecule has 1 aliphatic heterocycles. The van der Waals surface area contributed by atoms with Crippen molar-refractivity contribution in [1.29, 1.82) is 0 Å². The number of amides is 2. The average molecular weight is 417 g/mol. The van der Waals surface area contributed by atoms with Gasteiger partial charge < -0.3 is 14.6 Å². The van der Waals surface area contributed by atoms with Crippen LogP contribution in [-0.2, 0) is 17.8 Å². The Kier molecular flexibility index (Phi) is 5.68. The Morgan fingerprint density at radius 3 is 2.55 bits per heavy atom. The zero-order chi connectivity index (χ0) is 22.0. The van der Waals surface area contributed by atoms with E-state index < -0.39 is 0 Å². The Hall–Kier alpha value is -3.34. The molecule has 0 fully saturated rings. The van der Waals surface area contributed by atoms with E-state index in [-0.39, 0.29) is 17.2 Å². The van der Waals surface area contributed by atoms with Crippen LogP contribution >= 0.6 is 0 Å². The van der Waals surface area contributed by atoms with Crippen LogP contribution in [0.4, 0.5) is 5.69 Å². The van der Waals surface area contributed by atoms with Gasteiger partial charge in [-0.2, -0.15) is 0 Å². The van der Waals surface area contributed by atoms with Crippen LogP contribution in [0.1, 0.15) is 48.9 Å². The predicted octanol–water partition coefficient (Wildman–Crippen LogP) is 5.52. The van der Waals surface area contributed by atoms with Crippen molar-refractivity contribution in [3.05, 3.63) is 77.6 Å². The SMILES string of the molecule is CC(C)(C)CC(=O)Nc1cccc(-c2cc3c(o2)CCN(C(=O)c2ccccc2)C3)c1. The third-order valence-corrected chi connectivity index (χ3v) is 5.30. The van der Waals surface area contributed by atoms with Gasteiger partial charge in [0.25, 0.3) is 5.91 Å². The highest BCUT2D eigenvalue weighted by molar-refractivity contribution is 5.94. The summed E-state index contributed by atoms with van der Waals surface area (Å²) in [6.45, 7) is 7.30. The summed E-state index contributed by atoms with van der Waals surface area (Å²) in [6.07, 6.45) is 1.15. The zero-order valence-corrected chi connectivity index (χ0v) is 18.3. The highest BCUT2D eigenvalue weighted by Gasteiger charge is 2.25. The maximum Gasteiger partial charge on any atom is 0.254 e. The minimum absolute atomic E-state index is 0.00143. The smallest absolute Gasteiger partial charge is 0.254 e. The van der Waals surface area contributed by atoms with Gasteiger partial charge in [0, 0.05) is 48.3 Å². The molecule has 0 spiro atoms. The van der Waals surface area contributed by atoms with Crippen LogP contribution < -0.4 is 5.32 Å². The fraction of sp³-hybridized carbons (Fsp3) is 0.308. The number of carbonyl (C=O) groups is 2. The molecule has 0 bridgehead atoms. The van der Waals surface area contributed by atoms with Gasteiger partial charge in [-0.25, -0.2) is 0 Å². The first-order valence-corrected chi connectivity index (χ1v) is 10.6. The Morgan fingerprint density at radius 2 is 1.81 bits per heavy atom. The van der Waals surface area contributed by atoms with E-state index >= 15 is 0 Å². The Labute approximate surface area is 183 Å². The van der Waals surface area contributed by atoms with Gasteiger partial charge in [0.2, 0.25) is 5.91 Å². The van der Waals surface area contributed by atoms with E-state index in [1.165, 1.54) is 0 Å². The van der Waals surface area contributed by atoms with Gasteiger partial charge in [0.15, 0.2) is 0 Å². The van der Waals surface area contributed by atoms with Crippen molar-refractivity contribution >= 4 is 17.5 Å². The standard InChI is InChI=1S/C26H28N2O3/c1-26(2,3)16-24(29)27-21-11-7-10-19(14-21)23-15-20-17-28(13-12-22(20)31-23)25(30)18-8-5-4-6-9-18/h4-11,14-15H,12-13,16-17H2,1-3H3,(H,27,29). The first kappa shape index (κ1) is 20.9. The van der Waals surface area contributed by atoms with Crippen molar-refractivity contribution in [3.8, 4) is 11.3 Å². The molecule has 2 aromatic carbocycles. The molecule has 0 aliphatic carbocycles. The Balaban J connectivity index is 1.49. The third kappa shape index (κ3) is 5.05. The zero-order valence-electron chi connectivity index (χ0n) is 18.3. The lowest BCUT2D eigenvalue weighted by molar-refractivity contribution is -0.117. The number of carbonyl (C=O) groups excluding carboxylic acids is 2. The van der Waals surface area contributed by atoms with Crippen LogP contribution in [0.15, 0.2) is 65.1 Å². The van der Waals surface area contributed by atoms with Crippen LogP contribution in [0.2, 0.25) is 0 Å². The molecule has 0 atom stereocenters. The summed E-state index contributed by atoms with van der Waals surface area (Å²) in [4.78, 5) is 26.9. The molecule has 2 amide bonds. The molecule has 5 heteroatoms. The number of rotatable bonds is 4. The second-order valence-corrected chi connectivity index (χ2v) is 9.27. The summed E-state index contributed by atoms with van der Waals surface area (Å²) in [7, 11) is 0. The lowest BCUT2D eigenvalue weighted by Crippen LogP contribution is -2.35. The second-order valence-electron chi connectivity index (χ2n) is 9.27. The molecule has 2 heterocycles. The third-order valence-electron chi connectivity index (χ3n) is 5.30. The van der Waals surface area contributed by atoms with Crippen molar-refractivity contribution in [3.63, 3.8) is 0 Å². The molecule has 0 saturated carbocycles. The fourth-order valence-electron chi connectivity index (χ4n) is 3.85. The minimum Gasteiger partial charge on any atom is -0.461 e. The summed E-state index contributed by atoms with van der Waals surface area (Å²) >= 11 is 0. The van der Waals surface area contributed by atoms with E-state index in [1.807, 2.05) is 86.3 Å². The number of fused-ring (bicyclic) bond motifs is 1. The number of hydrogen-bond acceptors (Lipinski definition) is 3. The van der Waals surface area contributed by atoms with E-state index in [1.54, 1.807) is 0 Å². The molecule has 0 unspecified atom stereocenters. The highest BCUT2D eigenvalue weighted by atomic mass is 16.3. The molecule has 160 valence electrons. The minimum atomic E-state index is -0.0647. The lowest BCUT2D eigenvalue weighted by Gasteiger charge is -2.26. The number of benzene rings is 2. The molecule has 1 N–H and O–H groups in total. The Morgan fingerprint density at radius 1 is 1.03 bits per heavy atom. The van der Waals surface area contributed by atoms with E-state index in [0.29, 0.717) is 31.5 Å². The molecule has 0 saturated heterocycles. The van der Waals surface area contributed by atoms with Gasteiger partial charge in [-0.3, -0.25) is 9.59 Å². The highest BCUT2D eigenvalue weighted by Crippen LogP contribution is 2.31. The van der Waals surface area contributed by atoms with E-state index in [0.717, 1.165) is 28.3 Å². The molecular weight excluding hydrogens is 388 g/mol. The molecule has 0 radical (unpaired) electrons. The van der Waals surface area contributed by atoms with Gasteiger partial charge >= 0.3 is 0 Å². The van der Waals surface area contributed by atoms with E-state index in [4.69, 9.17) is 4.42 Å². The summed E-state index contributed by atoms with van der Waals surface area (Å²) < 4.78 is 6.12. The molecule has 5 nitrogen and oxygen atoms in total. The average Bonchev–Trinajstić information content (AvgIpc) is 3.16.